The molecule has 0 unspecified atom stereocenters. The fourth-order valence-corrected chi connectivity index (χ4v) is 1.77. The average Bonchev–Trinajstić information content (AvgIpc) is 2.35. The molecule has 0 heterocycles. The molecule has 3 heteroatoms. The summed E-state index contributed by atoms with van der Waals surface area (Å²) in [5, 5.41) is 2.94. The van der Waals surface area contributed by atoms with Crippen LogP contribution < -0.4 is 10.1 Å². The Labute approximate surface area is 116 Å². The molecule has 106 valence electrons. The molecule has 0 fully saturated rings. The summed E-state index contributed by atoms with van der Waals surface area (Å²) in [5.41, 5.74) is 1.13. The standard InChI is InChI=1S/C16H25NO2/c1-5-15(16(18)17-10-9-12(2)3)19-14-8-6-7-13(4)11-14/h6-8,11-12,15H,5,9-10H2,1-4H3,(H,17,18)/t15-/m1/s1. The van der Waals surface area contributed by atoms with Crippen molar-refractivity contribution in [1.29, 1.82) is 0 Å². The summed E-state index contributed by atoms with van der Waals surface area (Å²) in [6.07, 6.45) is 1.25. The Balaban J connectivity index is 2.50. The number of aryl methyl sites for hydroxylation is 1. The van der Waals surface area contributed by atoms with Crippen LogP contribution in [0, 0.1) is 12.8 Å². The third-order valence-electron chi connectivity index (χ3n) is 2.95. The SMILES string of the molecule is CC[C@@H](Oc1cccc(C)c1)C(=O)NCCC(C)C. The molecule has 19 heavy (non-hydrogen) atoms. The minimum atomic E-state index is -0.408. The van der Waals surface area contributed by atoms with E-state index in [1.54, 1.807) is 0 Å². The normalized spacial score (nSPS) is 12.3. The van der Waals surface area contributed by atoms with E-state index in [1.807, 2.05) is 38.1 Å². The summed E-state index contributed by atoms with van der Waals surface area (Å²) in [4.78, 5) is 12.0. The highest BCUT2D eigenvalue weighted by Crippen LogP contribution is 2.15. The molecule has 3 nitrogen and oxygen atoms in total. The predicted octanol–water partition coefficient (Wildman–Crippen LogP) is 3.31. The molecule has 0 saturated carbocycles. The van der Waals surface area contributed by atoms with E-state index < -0.39 is 6.10 Å². The van der Waals surface area contributed by atoms with Crippen LogP contribution in [0.1, 0.15) is 39.2 Å². The summed E-state index contributed by atoms with van der Waals surface area (Å²) in [5.74, 6) is 1.33. The molecule has 1 aromatic carbocycles. The Morgan fingerprint density at radius 2 is 2.11 bits per heavy atom. The van der Waals surface area contributed by atoms with Crippen LogP contribution in [0.2, 0.25) is 0 Å². The Bertz CT molecular complexity index is 401. The lowest BCUT2D eigenvalue weighted by Crippen LogP contribution is -2.38. The lowest BCUT2D eigenvalue weighted by atomic mass is 10.1. The van der Waals surface area contributed by atoms with E-state index >= 15 is 0 Å². The van der Waals surface area contributed by atoms with Crippen molar-refractivity contribution in [3.05, 3.63) is 29.8 Å². The van der Waals surface area contributed by atoms with Crippen LogP contribution in [0.4, 0.5) is 0 Å². The lowest BCUT2D eigenvalue weighted by molar-refractivity contribution is -0.128. The van der Waals surface area contributed by atoms with Gasteiger partial charge in [-0.2, -0.15) is 0 Å². The molecule has 0 aliphatic carbocycles. The lowest BCUT2D eigenvalue weighted by Gasteiger charge is -2.18. The van der Waals surface area contributed by atoms with Gasteiger partial charge >= 0.3 is 0 Å². The molecule has 0 saturated heterocycles. The maximum atomic E-state index is 12.0. The van der Waals surface area contributed by atoms with Crippen molar-refractivity contribution in [2.24, 2.45) is 5.92 Å². The van der Waals surface area contributed by atoms with Gasteiger partial charge < -0.3 is 10.1 Å². The first-order valence-corrected chi connectivity index (χ1v) is 7.04. The number of nitrogens with one attached hydrogen (secondary N) is 1. The molecule has 0 aromatic heterocycles. The predicted molar refractivity (Wildman–Crippen MR) is 78.4 cm³/mol. The van der Waals surface area contributed by atoms with E-state index in [9.17, 15) is 4.79 Å². The van der Waals surface area contributed by atoms with Gasteiger partial charge in [0.2, 0.25) is 0 Å². The van der Waals surface area contributed by atoms with Crippen molar-refractivity contribution in [2.75, 3.05) is 6.54 Å². The van der Waals surface area contributed by atoms with E-state index in [-0.39, 0.29) is 5.91 Å². The molecule has 1 amide bonds. The highest BCUT2D eigenvalue weighted by molar-refractivity contribution is 5.81. The zero-order valence-electron chi connectivity index (χ0n) is 12.4. The Morgan fingerprint density at radius 1 is 1.37 bits per heavy atom. The molecular formula is C16H25NO2. The van der Waals surface area contributed by atoms with Gasteiger partial charge in [-0.15, -0.1) is 0 Å². The third-order valence-corrected chi connectivity index (χ3v) is 2.95. The minimum Gasteiger partial charge on any atom is -0.481 e. The largest absolute Gasteiger partial charge is 0.481 e. The molecule has 1 atom stereocenters. The first-order chi connectivity index (χ1) is 9.02. The van der Waals surface area contributed by atoms with E-state index in [0.29, 0.717) is 18.9 Å². The fraction of sp³-hybridized carbons (Fsp3) is 0.562. The summed E-state index contributed by atoms with van der Waals surface area (Å²) in [6.45, 7) is 8.97. The second-order valence-electron chi connectivity index (χ2n) is 5.30. The molecule has 0 radical (unpaired) electrons. The summed E-state index contributed by atoms with van der Waals surface area (Å²) >= 11 is 0. The van der Waals surface area contributed by atoms with Crippen LogP contribution in [-0.4, -0.2) is 18.6 Å². The number of benzene rings is 1. The van der Waals surface area contributed by atoms with Crippen molar-refractivity contribution < 1.29 is 9.53 Å². The highest BCUT2D eigenvalue weighted by Gasteiger charge is 2.17. The number of carbonyl (C=O) groups excluding carboxylic acids is 1. The second kappa shape index (κ2) is 7.82. The Kier molecular flexibility index (Phi) is 6.40. The summed E-state index contributed by atoms with van der Waals surface area (Å²) in [6, 6.07) is 7.78. The number of hydrogen-bond donors (Lipinski definition) is 1. The Morgan fingerprint density at radius 3 is 2.68 bits per heavy atom. The van der Waals surface area contributed by atoms with Crippen molar-refractivity contribution >= 4 is 5.91 Å². The van der Waals surface area contributed by atoms with Crippen molar-refractivity contribution in [3.8, 4) is 5.75 Å². The van der Waals surface area contributed by atoms with Crippen molar-refractivity contribution in [3.63, 3.8) is 0 Å². The van der Waals surface area contributed by atoms with Gasteiger partial charge in [0.25, 0.3) is 5.91 Å². The van der Waals surface area contributed by atoms with Crippen LogP contribution in [0.5, 0.6) is 5.75 Å². The molecule has 0 spiro atoms. The van der Waals surface area contributed by atoms with Gasteiger partial charge in [-0.3, -0.25) is 4.79 Å². The number of amides is 1. The van der Waals surface area contributed by atoms with Crippen LogP contribution in [0.15, 0.2) is 24.3 Å². The van der Waals surface area contributed by atoms with Gasteiger partial charge in [0, 0.05) is 6.54 Å². The van der Waals surface area contributed by atoms with E-state index in [0.717, 1.165) is 17.7 Å². The van der Waals surface area contributed by atoms with Gasteiger partial charge in [-0.05, 0) is 43.4 Å². The van der Waals surface area contributed by atoms with E-state index in [2.05, 4.69) is 19.2 Å². The number of hydrogen-bond acceptors (Lipinski definition) is 2. The Hall–Kier alpha value is -1.51. The van der Waals surface area contributed by atoms with E-state index in [4.69, 9.17) is 4.74 Å². The first kappa shape index (κ1) is 15.5. The zero-order chi connectivity index (χ0) is 14.3. The number of carbonyl (C=O) groups is 1. The monoisotopic (exact) mass is 263 g/mol. The van der Waals surface area contributed by atoms with Crippen LogP contribution >= 0.6 is 0 Å². The fourth-order valence-electron chi connectivity index (χ4n) is 1.77. The van der Waals surface area contributed by atoms with Crippen LogP contribution in [0.25, 0.3) is 0 Å². The zero-order valence-corrected chi connectivity index (χ0v) is 12.4. The molecule has 0 aliphatic heterocycles. The third kappa shape index (κ3) is 5.77. The summed E-state index contributed by atoms with van der Waals surface area (Å²) in [7, 11) is 0. The smallest absolute Gasteiger partial charge is 0.261 e. The maximum absolute atomic E-state index is 12.0. The molecule has 0 bridgehead atoms. The van der Waals surface area contributed by atoms with Gasteiger partial charge in [0.15, 0.2) is 6.10 Å². The van der Waals surface area contributed by atoms with Gasteiger partial charge in [0.05, 0.1) is 0 Å². The van der Waals surface area contributed by atoms with Crippen molar-refractivity contribution in [2.45, 2.75) is 46.6 Å². The molecule has 1 aromatic rings. The second-order valence-corrected chi connectivity index (χ2v) is 5.30. The number of rotatable bonds is 7. The summed E-state index contributed by atoms with van der Waals surface area (Å²) < 4.78 is 5.75. The van der Waals surface area contributed by atoms with Gasteiger partial charge in [-0.25, -0.2) is 0 Å². The minimum absolute atomic E-state index is 0.0235. The number of ether oxygens (including phenoxy) is 1. The average molecular weight is 263 g/mol. The van der Waals surface area contributed by atoms with Crippen LogP contribution in [0.3, 0.4) is 0 Å². The van der Waals surface area contributed by atoms with Gasteiger partial charge in [0.1, 0.15) is 5.75 Å². The molecular weight excluding hydrogens is 238 g/mol. The first-order valence-electron chi connectivity index (χ1n) is 7.04. The van der Waals surface area contributed by atoms with Gasteiger partial charge in [-0.1, -0.05) is 32.9 Å². The quantitative estimate of drug-likeness (QED) is 0.819. The van der Waals surface area contributed by atoms with Crippen LogP contribution in [-0.2, 0) is 4.79 Å². The van der Waals surface area contributed by atoms with E-state index in [1.165, 1.54) is 0 Å². The molecule has 1 N–H and O–H groups in total. The topological polar surface area (TPSA) is 38.3 Å². The van der Waals surface area contributed by atoms with Crippen molar-refractivity contribution in [1.82, 2.24) is 5.32 Å². The molecule has 1 rings (SSSR count). The molecule has 0 aliphatic rings. The maximum Gasteiger partial charge on any atom is 0.261 e. The highest BCUT2D eigenvalue weighted by atomic mass is 16.5.